The van der Waals surface area contributed by atoms with Gasteiger partial charge in [0.15, 0.2) is 0 Å². The van der Waals surface area contributed by atoms with Crippen molar-refractivity contribution in [2.45, 2.75) is 58.4 Å². The Hall–Kier alpha value is -0.120. The van der Waals surface area contributed by atoms with E-state index in [0.717, 1.165) is 13.2 Å². The lowest BCUT2D eigenvalue weighted by atomic mass is 9.63. The molecule has 1 heterocycles. The van der Waals surface area contributed by atoms with Gasteiger partial charge in [-0.1, -0.05) is 26.7 Å². The van der Waals surface area contributed by atoms with Crippen LogP contribution in [0, 0.1) is 17.3 Å². The standard InChI is InChI=1S/C14H28N2O/c1-14(2)8-4-3-7-12(14)13(16-15)11-6-5-9-17-10-11/h11-13,16H,3-10,15H2,1-2H3. The minimum absolute atomic E-state index is 0.423. The summed E-state index contributed by atoms with van der Waals surface area (Å²) < 4.78 is 5.63. The normalized spacial score (nSPS) is 35.5. The predicted octanol–water partition coefficient (Wildman–Crippen LogP) is 2.46. The van der Waals surface area contributed by atoms with E-state index in [1.165, 1.54) is 38.5 Å². The van der Waals surface area contributed by atoms with Gasteiger partial charge in [0.2, 0.25) is 0 Å². The van der Waals surface area contributed by atoms with Gasteiger partial charge in [0.05, 0.1) is 6.61 Å². The lowest BCUT2D eigenvalue weighted by Gasteiger charge is -2.46. The van der Waals surface area contributed by atoms with Crippen LogP contribution in [-0.4, -0.2) is 19.3 Å². The molecular weight excluding hydrogens is 212 g/mol. The molecule has 3 N–H and O–H groups in total. The summed E-state index contributed by atoms with van der Waals surface area (Å²) in [4.78, 5) is 0. The van der Waals surface area contributed by atoms with Crippen molar-refractivity contribution < 1.29 is 4.74 Å². The largest absolute Gasteiger partial charge is 0.381 e. The zero-order chi connectivity index (χ0) is 12.3. The number of rotatable bonds is 3. The highest BCUT2D eigenvalue weighted by Crippen LogP contribution is 2.44. The first-order valence-electron chi connectivity index (χ1n) is 7.19. The molecule has 0 radical (unpaired) electrons. The summed E-state index contributed by atoms with van der Waals surface area (Å²) in [6.07, 6.45) is 7.85. The highest BCUT2D eigenvalue weighted by atomic mass is 16.5. The van der Waals surface area contributed by atoms with Crippen LogP contribution in [0.1, 0.15) is 52.4 Å². The maximum absolute atomic E-state index is 5.85. The van der Waals surface area contributed by atoms with Crippen LogP contribution >= 0.6 is 0 Å². The van der Waals surface area contributed by atoms with Crippen LogP contribution in [-0.2, 0) is 4.74 Å². The Bertz CT molecular complexity index is 236. The van der Waals surface area contributed by atoms with Gasteiger partial charge in [0.25, 0.3) is 0 Å². The molecule has 0 spiro atoms. The Kier molecular flexibility index (Phi) is 4.45. The molecule has 1 saturated heterocycles. The quantitative estimate of drug-likeness (QED) is 0.588. The van der Waals surface area contributed by atoms with Gasteiger partial charge < -0.3 is 4.74 Å². The first-order valence-corrected chi connectivity index (χ1v) is 7.19. The van der Waals surface area contributed by atoms with Crippen molar-refractivity contribution in [1.29, 1.82) is 0 Å². The summed E-state index contributed by atoms with van der Waals surface area (Å²) >= 11 is 0. The van der Waals surface area contributed by atoms with E-state index >= 15 is 0 Å². The molecule has 3 heteroatoms. The molecule has 2 fully saturated rings. The third-order valence-corrected chi connectivity index (χ3v) is 4.92. The summed E-state index contributed by atoms with van der Waals surface area (Å²) in [5.41, 5.74) is 3.54. The van der Waals surface area contributed by atoms with Gasteiger partial charge in [0, 0.05) is 12.6 Å². The fraction of sp³-hybridized carbons (Fsp3) is 1.00. The minimum Gasteiger partial charge on any atom is -0.381 e. The Labute approximate surface area is 105 Å². The van der Waals surface area contributed by atoms with Gasteiger partial charge in [-0.05, 0) is 42.9 Å². The molecule has 0 aromatic rings. The van der Waals surface area contributed by atoms with E-state index in [4.69, 9.17) is 10.6 Å². The van der Waals surface area contributed by atoms with E-state index in [0.29, 0.717) is 23.3 Å². The van der Waals surface area contributed by atoms with Crippen LogP contribution in [0.25, 0.3) is 0 Å². The topological polar surface area (TPSA) is 47.3 Å². The number of nitrogens with two attached hydrogens (primary N) is 1. The van der Waals surface area contributed by atoms with Crippen molar-refractivity contribution >= 4 is 0 Å². The average Bonchev–Trinajstić information content (AvgIpc) is 2.33. The second kappa shape index (κ2) is 5.68. The van der Waals surface area contributed by atoms with Crippen molar-refractivity contribution in [2.75, 3.05) is 13.2 Å². The first kappa shape index (κ1) is 13.3. The van der Waals surface area contributed by atoms with Crippen LogP contribution in [0.5, 0.6) is 0 Å². The number of nitrogens with one attached hydrogen (secondary N) is 1. The Morgan fingerprint density at radius 3 is 2.65 bits per heavy atom. The molecule has 1 aliphatic heterocycles. The van der Waals surface area contributed by atoms with Crippen LogP contribution in [0.2, 0.25) is 0 Å². The maximum Gasteiger partial charge on any atom is 0.0509 e. The molecule has 2 rings (SSSR count). The SMILES string of the molecule is CC1(C)CCCCC1C(NN)C1CCCOC1. The third kappa shape index (κ3) is 3.01. The highest BCUT2D eigenvalue weighted by Gasteiger charge is 2.40. The summed E-state index contributed by atoms with van der Waals surface area (Å²) in [5.74, 6) is 7.16. The fourth-order valence-corrected chi connectivity index (χ4v) is 3.82. The van der Waals surface area contributed by atoms with Crippen molar-refractivity contribution in [3.63, 3.8) is 0 Å². The second-order valence-corrected chi connectivity index (χ2v) is 6.51. The summed E-state index contributed by atoms with van der Waals surface area (Å²) in [6, 6.07) is 0.436. The monoisotopic (exact) mass is 240 g/mol. The summed E-state index contributed by atoms with van der Waals surface area (Å²) in [5, 5.41) is 0. The van der Waals surface area contributed by atoms with E-state index in [9.17, 15) is 0 Å². The summed E-state index contributed by atoms with van der Waals surface area (Å²) in [7, 11) is 0. The van der Waals surface area contributed by atoms with E-state index in [-0.39, 0.29) is 0 Å². The van der Waals surface area contributed by atoms with Gasteiger partial charge in [-0.2, -0.15) is 0 Å². The molecule has 0 amide bonds. The van der Waals surface area contributed by atoms with Gasteiger partial charge in [-0.15, -0.1) is 0 Å². The minimum atomic E-state index is 0.423. The van der Waals surface area contributed by atoms with Crippen LogP contribution < -0.4 is 11.3 Å². The van der Waals surface area contributed by atoms with Gasteiger partial charge in [-0.25, -0.2) is 0 Å². The molecule has 1 aliphatic carbocycles. The number of hydrogen-bond acceptors (Lipinski definition) is 3. The molecular formula is C14H28N2O. The smallest absolute Gasteiger partial charge is 0.0509 e. The van der Waals surface area contributed by atoms with E-state index in [1.54, 1.807) is 0 Å². The predicted molar refractivity (Wildman–Crippen MR) is 70.4 cm³/mol. The Morgan fingerprint density at radius 1 is 1.24 bits per heavy atom. The molecule has 3 atom stereocenters. The molecule has 2 aliphatic rings. The van der Waals surface area contributed by atoms with E-state index in [1.807, 2.05) is 0 Å². The number of ether oxygens (including phenoxy) is 1. The summed E-state index contributed by atoms with van der Waals surface area (Å²) in [6.45, 7) is 6.64. The maximum atomic E-state index is 5.85. The van der Waals surface area contributed by atoms with E-state index in [2.05, 4.69) is 19.3 Å². The lowest BCUT2D eigenvalue weighted by Crippen LogP contribution is -2.53. The second-order valence-electron chi connectivity index (χ2n) is 6.51. The molecule has 100 valence electrons. The molecule has 3 nitrogen and oxygen atoms in total. The van der Waals surface area contributed by atoms with Crippen molar-refractivity contribution in [1.82, 2.24) is 5.43 Å². The Morgan fingerprint density at radius 2 is 2.06 bits per heavy atom. The zero-order valence-corrected chi connectivity index (χ0v) is 11.4. The molecule has 0 aromatic heterocycles. The number of hydrogen-bond donors (Lipinski definition) is 2. The Balaban J connectivity index is 2.04. The first-order chi connectivity index (χ1) is 8.15. The zero-order valence-electron chi connectivity index (χ0n) is 11.4. The van der Waals surface area contributed by atoms with Crippen molar-refractivity contribution in [3.05, 3.63) is 0 Å². The lowest BCUT2D eigenvalue weighted by molar-refractivity contribution is -0.000597. The molecule has 17 heavy (non-hydrogen) atoms. The molecule has 0 bridgehead atoms. The van der Waals surface area contributed by atoms with Gasteiger partial charge in [0.1, 0.15) is 0 Å². The van der Waals surface area contributed by atoms with Crippen LogP contribution in [0.4, 0.5) is 0 Å². The van der Waals surface area contributed by atoms with Crippen molar-refractivity contribution in [3.8, 4) is 0 Å². The highest BCUT2D eigenvalue weighted by molar-refractivity contribution is 4.93. The van der Waals surface area contributed by atoms with E-state index < -0.39 is 0 Å². The van der Waals surface area contributed by atoms with Crippen LogP contribution in [0.15, 0.2) is 0 Å². The molecule has 0 aromatic carbocycles. The third-order valence-electron chi connectivity index (χ3n) is 4.92. The van der Waals surface area contributed by atoms with Crippen molar-refractivity contribution in [2.24, 2.45) is 23.1 Å². The molecule has 3 unspecified atom stereocenters. The fourth-order valence-electron chi connectivity index (χ4n) is 3.82. The van der Waals surface area contributed by atoms with Crippen LogP contribution in [0.3, 0.4) is 0 Å². The van der Waals surface area contributed by atoms with Gasteiger partial charge >= 0.3 is 0 Å². The average molecular weight is 240 g/mol. The number of hydrazine groups is 1. The van der Waals surface area contributed by atoms with Gasteiger partial charge in [-0.3, -0.25) is 11.3 Å². The molecule has 1 saturated carbocycles.